The molecular formula is BrCl2N. The van der Waals surface area contributed by atoms with Crippen molar-refractivity contribution in [3.05, 3.63) is 0 Å². The van der Waals surface area contributed by atoms with E-state index in [9.17, 15) is 0 Å². The number of rotatable bonds is 0. The van der Waals surface area contributed by atoms with Gasteiger partial charge in [0.1, 0.15) is 0 Å². The maximum absolute atomic E-state index is 4.79. The van der Waals surface area contributed by atoms with Crippen LogP contribution in [0.15, 0.2) is 0 Å². The Morgan fingerprint density at radius 3 is 1.50 bits per heavy atom. The van der Waals surface area contributed by atoms with Crippen molar-refractivity contribution < 1.29 is 0 Å². The molecule has 0 fully saturated rings. The summed E-state index contributed by atoms with van der Waals surface area (Å²) in [5.74, 6) is 0. The Bertz CT molecular complexity index is 10.8. The number of nitrogens with zero attached hydrogens (tertiary/aromatic N) is 1. The van der Waals surface area contributed by atoms with Crippen LogP contribution in [-0.2, 0) is 0 Å². The van der Waals surface area contributed by atoms with E-state index in [1.165, 1.54) is 0 Å². The summed E-state index contributed by atoms with van der Waals surface area (Å²) in [5.41, 5.74) is 0. The molecule has 0 saturated carbocycles. The Hall–Kier alpha value is 1.02. The van der Waals surface area contributed by atoms with Crippen LogP contribution in [0, 0.1) is 0 Å². The van der Waals surface area contributed by atoms with Crippen LogP contribution in [0.3, 0.4) is 0 Å². The highest BCUT2D eigenvalue weighted by Crippen LogP contribution is 2.03. The molecule has 0 atom stereocenters. The summed E-state index contributed by atoms with van der Waals surface area (Å²) in [7, 11) is 0. The molecule has 0 unspecified atom stereocenters. The van der Waals surface area contributed by atoms with Gasteiger partial charge in [-0.3, -0.25) is 0 Å². The van der Waals surface area contributed by atoms with Crippen molar-refractivity contribution in [2.75, 3.05) is 0 Å². The number of halogens is 3. The van der Waals surface area contributed by atoms with Gasteiger partial charge in [0.05, 0.1) is 0 Å². The highest BCUT2D eigenvalue weighted by atomic mass is 79.9. The van der Waals surface area contributed by atoms with E-state index in [-0.39, 0.29) is 0 Å². The van der Waals surface area contributed by atoms with Gasteiger partial charge in [0, 0.05) is 39.7 Å². The summed E-state index contributed by atoms with van der Waals surface area (Å²) in [6, 6.07) is 0. The minimum atomic E-state index is 0.757. The molecule has 4 heavy (non-hydrogen) atoms. The molecular weight excluding hydrogens is 165 g/mol. The summed E-state index contributed by atoms with van der Waals surface area (Å²) in [6.45, 7) is 0. The molecule has 0 heterocycles. The van der Waals surface area contributed by atoms with Crippen molar-refractivity contribution in [3.63, 3.8) is 0 Å². The van der Waals surface area contributed by atoms with Gasteiger partial charge in [-0.15, -0.1) is 0 Å². The molecule has 0 aromatic heterocycles. The SMILES string of the molecule is ClN(Cl)Br. The molecule has 0 amide bonds. The van der Waals surface area contributed by atoms with E-state index in [0.717, 1.165) is 2.96 Å². The van der Waals surface area contributed by atoms with Crippen LogP contribution in [0.4, 0.5) is 0 Å². The molecule has 0 saturated heterocycles. The summed E-state index contributed by atoms with van der Waals surface area (Å²) < 4.78 is 0.757. The third kappa shape index (κ3) is 11.8. The van der Waals surface area contributed by atoms with Gasteiger partial charge in [-0.25, -0.2) is 0 Å². The fourth-order valence-electron chi connectivity index (χ4n) is 0. The maximum atomic E-state index is 4.79. The molecule has 0 aromatic carbocycles. The topological polar surface area (TPSA) is 3.24 Å². The number of hydrogen-bond acceptors (Lipinski definition) is 1. The van der Waals surface area contributed by atoms with Crippen LogP contribution in [0.25, 0.3) is 0 Å². The Labute approximate surface area is 43.0 Å². The third-order valence-corrected chi connectivity index (χ3v) is 0. The van der Waals surface area contributed by atoms with E-state index in [1.54, 1.807) is 0 Å². The fourth-order valence-corrected chi connectivity index (χ4v) is 0. The highest BCUT2D eigenvalue weighted by molar-refractivity contribution is 9.08. The molecule has 0 aliphatic heterocycles. The van der Waals surface area contributed by atoms with Gasteiger partial charge in [-0.05, 0) is 0 Å². The second-order valence-corrected chi connectivity index (χ2v) is 2.57. The zero-order valence-corrected chi connectivity index (χ0v) is 4.68. The smallest absolute Gasteiger partial charge is 0.0483 e. The molecule has 0 aliphatic rings. The highest BCUT2D eigenvalue weighted by Gasteiger charge is 1.71. The minimum absolute atomic E-state index is 0.757. The zero-order valence-electron chi connectivity index (χ0n) is 1.58. The molecule has 26 valence electrons. The van der Waals surface area contributed by atoms with E-state index >= 15 is 0 Å². The molecule has 0 aromatic rings. The van der Waals surface area contributed by atoms with E-state index in [1.807, 2.05) is 0 Å². The molecule has 0 spiro atoms. The summed E-state index contributed by atoms with van der Waals surface area (Å²) in [5, 5.41) is 0. The summed E-state index contributed by atoms with van der Waals surface area (Å²) >= 11 is 12.2. The number of hydrogen-bond donors (Lipinski definition) is 0. The van der Waals surface area contributed by atoms with Crippen LogP contribution >= 0.6 is 39.7 Å². The zero-order chi connectivity index (χ0) is 3.58. The lowest BCUT2D eigenvalue weighted by molar-refractivity contribution is 1.27. The summed E-state index contributed by atoms with van der Waals surface area (Å²) in [6.07, 6.45) is 0. The van der Waals surface area contributed by atoms with Crippen molar-refractivity contribution in [3.8, 4) is 0 Å². The molecule has 0 rings (SSSR count). The first-order valence-corrected chi connectivity index (χ1v) is 1.89. The van der Waals surface area contributed by atoms with Gasteiger partial charge < -0.3 is 0 Å². The first-order chi connectivity index (χ1) is 1.73. The van der Waals surface area contributed by atoms with Crippen molar-refractivity contribution >= 4 is 39.7 Å². The van der Waals surface area contributed by atoms with Gasteiger partial charge in [-0.2, -0.15) is 0 Å². The predicted octanol–water partition coefficient (Wildman–Crippen LogP) is 1.91. The molecule has 1 nitrogen and oxygen atoms in total. The monoisotopic (exact) mass is 163 g/mol. The Kier molecular flexibility index (Phi) is 2.85. The lowest BCUT2D eigenvalue weighted by Crippen LogP contribution is -1.60. The lowest BCUT2D eigenvalue weighted by Gasteiger charge is -1.75. The Morgan fingerprint density at radius 1 is 1.50 bits per heavy atom. The van der Waals surface area contributed by atoms with Crippen molar-refractivity contribution in [2.24, 2.45) is 0 Å². The first-order valence-electron chi connectivity index (χ1n) is 0.507. The Morgan fingerprint density at radius 2 is 1.50 bits per heavy atom. The molecule has 0 radical (unpaired) electrons. The van der Waals surface area contributed by atoms with Gasteiger partial charge in [-0.1, -0.05) is 2.96 Å². The largest absolute Gasteiger partial charge is 0.0631 e. The van der Waals surface area contributed by atoms with E-state index < -0.39 is 0 Å². The second-order valence-electron chi connectivity index (χ2n) is 0.192. The van der Waals surface area contributed by atoms with Crippen LogP contribution in [0.1, 0.15) is 0 Å². The van der Waals surface area contributed by atoms with Crippen molar-refractivity contribution in [1.82, 2.24) is 2.96 Å². The minimum Gasteiger partial charge on any atom is -0.0631 e. The molecule has 0 aliphatic carbocycles. The Balaban J connectivity index is 2.32. The van der Waals surface area contributed by atoms with E-state index in [4.69, 9.17) is 23.6 Å². The van der Waals surface area contributed by atoms with Gasteiger partial charge in [0.25, 0.3) is 0 Å². The van der Waals surface area contributed by atoms with Crippen LogP contribution in [0.5, 0.6) is 0 Å². The quantitative estimate of drug-likeness (QED) is 0.495. The van der Waals surface area contributed by atoms with Gasteiger partial charge in [0.15, 0.2) is 0 Å². The van der Waals surface area contributed by atoms with Gasteiger partial charge in [0.2, 0.25) is 0 Å². The molecule has 0 bridgehead atoms. The average Bonchev–Trinajstić information content (AvgIpc) is 0.811. The van der Waals surface area contributed by atoms with Crippen LogP contribution in [0.2, 0.25) is 0 Å². The summed E-state index contributed by atoms with van der Waals surface area (Å²) in [4.78, 5) is 0. The maximum Gasteiger partial charge on any atom is 0.0483 e. The second kappa shape index (κ2) is 2.27. The van der Waals surface area contributed by atoms with Crippen LogP contribution < -0.4 is 0 Å². The third-order valence-electron chi connectivity index (χ3n) is 0. The van der Waals surface area contributed by atoms with E-state index in [2.05, 4.69) is 16.1 Å². The predicted molar refractivity (Wildman–Crippen MR) is 22.5 cm³/mol. The van der Waals surface area contributed by atoms with Crippen molar-refractivity contribution in [1.29, 1.82) is 0 Å². The van der Waals surface area contributed by atoms with Crippen LogP contribution in [-0.4, -0.2) is 2.96 Å². The lowest BCUT2D eigenvalue weighted by atomic mass is 13.9. The van der Waals surface area contributed by atoms with E-state index in [0.29, 0.717) is 0 Å². The molecule has 0 N–H and O–H groups in total. The molecule has 4 heteroatoms. The standard InChI is InChI=1S/BrCl2N/c1-4(2)3. The first kappa shape index (κ1) is 5.02. The fraction of sp³-hybridized carbons (Fsp3) is 0. The van der Waals surface area contributed by atoms with Crippen molar-refractivity contribution in [2.45, 2.75) is 0 Å². The average molecular weight is 165 g/mol. The van der Waals surface area contributed by atoms with Gasteiger partial charge >= 0.3 is 0 Å². The normalized spacial score (nSPS) is 9.00.